The topological polar surface area (TPSA) is 55.6 Å². The lowest BCUT2D eigenvalue weighted by atomic mass is 10.1. The van der Waals surface area contributed by atoms with Crippen LogP contribution in [0.4, 0.5) is 17.1 Å². The van der Waals surface area contributed by atoms with Crippen LogP contribution in [-0.4, -0.2) is 4.98 Å². The summed E-state index contributed by atoms with van der Waals surface area (Å²) >= 11 is 1.78. The van der Waals surface area contributed by atoms with E-state index in [4.69, 9.17) is 18.2 Å². The van der Waals surface area contributed by atoms with Gasteiger partial charge in [0.25, 0.3) is 0 Å². The van der Waals surface area contributed by atoms with Crippen molar-refractivity contribution in [2.45, 2.75) is 0 Å². The lowest BCUT2D eigenvalue weighted by molar-refractivity contribution is 0.620. The van der Waals surface area contributed by atoms with Crippen LogP contribution in [0.5, 0.6) is 0 Å². The predicted molar refractivity (Wildman–Crippen MR) is 202 cm³/mol. The molecule has 0 fully saturated rings. The molecule has 49 heavy (non-hydrogen) atoms. The molecular formula is C43H24N2O3S. The Morgan fingerprint density at radius 3 is 1.94 bits per heavy atom. The van der Waals surface area contributed by atoms with Crippen molar-refractivity contribution < 1.29 is 13.3 Å². The normalized spacial score (nSPS) is 12.1. The summed E-state index contributed by atoms with van der Waals surface area (Å²) in [5.41, 5.74) is 8.92. The summed E-state index contributed by atoms with van der Waals surface area (Å²) in [5.74, 6) is 0.603. The van der Waals surface area contributed by atoms with Gasteiger partial charge >= 0.3 is 0 Å². The van der Waals surface area contributed by atoms with Gasteiger partial charge in [-0.2, -0.15) is 0 Å². The molecule has 11 rings (SSSR count). The molecule has 6 heteroatoms. The predicted octanol–water partition coefficient (Wildman–Crippen LogP) is 13.1. The van der Waals surface area contributed by atoms with Gasteiger partial charge in [-0.05, 0) is 60.7 Å². The first-order valence-electron chi connectivity index (χ1n) is 16.2. The summed E-state index contributed by atoms with van der Waals surface area (Å²) < 4.78 is 21.6. The highest BCUT2D eigenvalue weighted by atomic mass is 32.1. The molecule has 0 amide bonds. The van der Waals surface area contributed by atoms with E-state index in [-0.39, 0.29) is 0 Å². The molecule has 230 valence electrons. The molecule has 0 spiro atoms. The van der Waals surface area contributed by atoms with Gasteiger partial charge in [0.1, 0.15) is 27.8 Å². The smallest absolute Gasteiger partial charge is 0.227 e. The molecule has 4 heterocycles. The van der Waals surface area contributed by atoms with Gasteiger partial charge < -0.3 is 18.2 Å². The summed E-state index contributed by atoms with van der Waals surface area (Å²) in [4.78, 5) is 7.42. The minimum absolute atomic E-state index is 0.603. The summed E-state index contributed by atoms with van der Waals surface area (Å²) in [5, 5.41) is 6.57. The van der Waals surface area contributed by atoms with E-state index in [0.717, 1.165) is 93.1 Å². The SMILES string of the molecule is c1ccc(-c2nc3c(cc(N(c4ccc5c(c4)oc4ccccc45)c4ccc5oc6ccccc6c5c4)c4sc5ccccc5c43)o2)cc1. The third kappa shape index (κ3) is 3.95. The molecule has 0 unspecified atom stereocenters. The number of aromatic nitrogens is 1. The molecule has 0 atom stereocenters. The fraction of sp³-hybridized carbons (Fsp3) is 0. The zero-order valence-electron chi connectivity index (χ0n) is 25.9. The molecule has 0 radical (unpaired) electrons. The number of hydrogen-bond donors (Lipinski definition) is 0. The minimum atomic E-state index is 0.603. The number of nitrogens with zero attached hydrogens (tertiary/aromatic N) is 2. The zero-order chi connectivity index (χ0) is 32.1. The number of furan rings is 2. The van der Waals surface area contributed by atoms with Crippen LogP contribution in [0, 0.1) is 0 Å². The molecular weight excluding hydrogens is 625 g/mol. The van der Waals surface area contributed by atoms with Crippen LogP contribution in [-0.2, 0) is 0 Å². The number of hydrogen-bond acceptors (Lipinski definition) is 6. The van der Waals surface area contributed by atoms with Crippen molar-refractivity contribution in [3.63, 3.8) is 0 Å². The molecule has 0 bridgehead atoms. The number of anilines is 3. The van der Waals surface area contributed by atoms with Crippen molar-refractivity contribution in [2.24, 2.45) is 0 Å². The zero-order valence-corrected chi connectivity index (χ0v) is 26.7. The molecule has 4 aromatic heterocycles. The maximum atomic E-state index is 6.60. The van der Waals surface area contributed by atoms with E-state index in [0.29, 0.717) is 5.89 Å². The highest BCUT2D eigenvalue weighted by Crippen LogP contribution is 2.49. The van der Waals surface area contributed by atoms with Crippen molar-refractivity contribution in [3.05, 3.63) is 146 Å². The quantitative estimate of drug-likeness (QED) is 0.190. The number of thiophene rings is 1. The average Bonchev–Trinajstić information content (AvgIpc) is 3.93. The van der Waals surface area contributed by atoms with E-state index in [2.05, 4.69) is 95.9 Å². The first kappa shape index (κ1) is 26.7. The van der Waals surface area contributed by atoms with E-state index in [1.165, 1.54) is 4.70 Å². The second-order valence-electron chi connectivity index (χ2n) is 12.3. The van der Waals surface area contributed by atoms with E-state index >= 15 is 0 Å². The van der Waals surface area contributed by atoms with Crippen LogP contribution in [0.25, 0.3) is 86.6 Å². The third-order valence-corrected chi connectivity index (χ3v) is 10.7. The third-order valence-electron chi connectivity index (χ3n) is 9.49. The highest BCUT2D eigenvalue weighted by molar-refractivity contribution is 7.26. The van der Waals surface area contributed by atoms with Crippen LogP contribution >= 0.6 is 11.3 Å². The second kappa shape index (κ2) is 10.1. The van der Waals surface area contributed by atoms with E-state index < -0.39 is 0 Å². The number of benzene rings is 7. The van der Waals surface area contributed by atoms with E-state index in [1.807, 2.05) is 54.6 Å². The molecule has 11 aromatic rings. The maximum Gasteiger partial charge on any atom is 0.227 e. The van der Waals surface area contributed by atoms with Crippen LogP contribution < -0.4 is 4.90 Å². The lowest BCUT2D eigenvalue weighted by Crippen LogP contribution is -2.10. The highest BCUT2D eigenvalue weighted by Gasteiger charge is 2.25. The molecule has 7 aromatic carbocycles. The maximum absolute atomic E-state index is 6.60. The number of para-hydroxylation sites is 2. The van der Waals surface area contributed by atoms with Gasteiger partial charge in [-0.15, -0.1) is 11.3 Å². The lowest BCUT2D eigenvalue weighted by Gasteiger charge is -2.26. The molecule has 0 N–H and O–H groups in total. The van der Waals surface area contributed by atoms with Crippen LogP contribution in [0.2, 0.25) is 0 Å². The van der Waals surface area contributed by atoms with Gasteiger partial charge in [-0.3, -0.25) is 0 Å². The average molecular weight is 649 g/mol. The van der Waals surface area contributed by atoms with Gasteiger partial charge in [0.2, 0.25) is 5.89 Å². The Balaban J connectivity index is 1.24. The number of fused-ring (bicyclic) bond motifs is 11. The first-order valence-corrected chi connectivity index (χ1v) is 17.0. The Morgan fingerprint density at radius 1 is 0.469 bits per heavy atom. The molecule has 0 saturated carbocycles. The Kier molecular flexibility index (Phi) is 5.48. The Bertz CT molecular complexity index is 3070. The number of oxazole rings is 1. The van der Waals surface area contributed by atoms with E-state index in [9.17, 15) is 0 Å². The Morgan fingerprint density at radius 2 is 1.10 bits per heavy atom. The monoisotopic (exact) mass is 648 g/mol. The van der Waals surface area contributed by atoms with Crippen LogP contribution in [0.1, 0.15) is 0 Å². The standard InChI is InChI=1S/C43H24N2O3S/c1-2-10-25(11-3-1)43-44-41-38(48-43)24-33(42-40(41)31-14-6-9-17-39(31)49-42)45(26-19-21-36-32(22-26)29-13-5-8-16-35(29)46-36)27-18-20-30-28-12-4-7-15-34(28)47-37(30)23-27/h1-24H. The van der Waals surface area contributed by atoms with Crippen LogP contribution in [0.3, 0.4) is 0 Å². The summed E-state index contributed by atoms with van der Waals surface area (Å²) in [6.45, 7) is 0. The largest absolute Gasteiger partial charge is 0.456 e. The van der Waals surface area contributed by atoms with Crippen molar-refractivity contribution in [1.82, 2.24) is 4.98 Å². The molecule has 0 aliphatic rings. The van der Waals surface area contributed by atoms with Gasteiger partial charge in [-0.25, -0.2) is 4.98 Å². The fourth-order valence-corrected chi connectivity index (χ4v) is 8.47. The van der Waals surface area contributed by atoms with E-state index in [1.54, 1.807) is 11.3 Å². The van der Waals surface area contributed by atoms with Crippen molar-refractivity contribution in [1.29, 1.82) is 0 Å². The summed E-state index contributed by atoms with van der Waals surface area (Å²) in [6.07, 6.45) is 0. The Labute approximate surface area is 282 Å². The molecule has 0 aliphatic heterocycles. The Hall–Kier alpha value is -6.37. The van der Waals surface area contributed by atoms with Gasteiger partial charge in [-0.1, -0.05) is 72.8 Å². The van der Waals surface area contributed by atoms with Gasteiger partial charge in [0.05, 0.1) is 10.4 Å². The minimum Gasteiger partial charge on any atom is -0.456 e. The summed E-state index contributed by atoms with van der Waals surface area (Å²) in [6, 6.07) is 50.1. The van der Waals surface area contributed by atoms with Crippen molar-refractivity contribution in [3.8, 4) is 11.5 Å². The molecule has 5 nitrogen and oxygen atoms in total. The summed E-state index contributed by atoms with van der Waals surface area (Å²) in [7, 11) is 0. The van der Waals surface area contributed by atoms with Crippen LogP contribution in [0.15, 0.2) is 159 Å². The van der Waals surface area contributed by atoms with Gasteiger partial charge in [0.15, 0.2) is 5.58 Å². The van der Waals surface area contributed by atoms with Gasteiger partial charge in [0, 0.05) is 66.1 Å². The first-order chi connectivity index (χ1) is 24.3. The van der Waals surface area contributed by atoms with Crippen molar-refractivity contribution >= 4 is 104 Å². The molecule has 0 aliphatic carbocycles. The second-order valence-corrected chi connectivity index (χ2v) is 13.4. The molecule has 0 saturated heterocycles. The van der Waals surface area contributed by atoms with Crippen molar-refractivity contribution in [2.75, 3.05) is 4.90 Å². The number of rotatable bonds is 4. The fourth-order valence-electron chi connectivity index (χ4n) is 7.26.